The van der Waals surface area contributed by atoms with Crippen LogP contribution in [-0.2, 0) is 0 Å². The minimum atomic E-state index is 0.391. The fraction of sp³-hybridized carbons (Fsp3) is 0.417. The fourth-order valence-electron chi connectivity index (χ4n) is 1.50. The van der Waals surface area contributed by atoms with E-state index >= 15 is 0 Å². The standard InChI is InChI=1S/C12H17BrN2S2/c1-3-17-7-8(2)15-10-6-4-5-9(13)11(10)12(14)16/h4-6,8,15H,3,7H2,1-2H3,(H2,14,16). The average molecular weight is 333 g/mol. The Morgan fingerprint density at radius 1 is 1.59 bits per heavy atom. The van der Waals surface area contributed by atoms with Gasteiger partial charge in [0, 0.05) is 27.5 Å². The number of hydrogen-bond donors (Lipinski definition) is 2. The van der Waals surface area contributed by atoms with Gasteiger partial charge in [-0.05, 0) is 40.7 Å². The number of thiocarbonyl (C=S) groups is 1. The van der Waals surface area contributed by atoms with Gasteiger partial charge >= 0.3 is 0 Å². The van der Waals surface area contributed by atoms with E-state index in [1.807, 2.05) is 30.0 Å². The van der Waals surface area contributed by atoms with E-state index in [0.29, 0.717) is 11.0 Å². The summed E-state index contributed by atoms with van der Waals surface area (Å²) in [7, 11) is 0. The Balaban J connectivity index is 2.83. The predicted octanol–water partition coefficient (Wildman–Crippen LogP) is 3.64. The summed E-state index contributed by atoms with van der Waals surface area (Å²) in [5.41, 5.74) is 7.63. The summed E-state index contributed by atoms with van der Waals surface area (Å²) in [6, 6.07) is 6.33. The van der Waals surface area contributed by atoms with Crippen molar-refractivity contribution >= 4 is 50.6 Å². The SMILES string of the molecule is CCSCC(C)Nc1cccc(Br)c1C(N)=S. The monoisotopic (exact) mass is 332 g/mol. The van der Waals surface area contributed by atoms with Crippen molar-refractivity contribution in [1.82, 2.24) is 0 Å². The summed E-state index contributed by atoms with van der Waals surface area (Å²) < 4.78 is 0.936. The zero-order chi connectivity index (χ0) is 12.8. The van der Waals surface area contributed by atoms with Crippen LogP contribution in [0.5, 0.6) is 0 Å². The summed E-state index contributed by atoms with van der Waals surface area (Å²) in [4.78, 5) is 0.412. The zero-order valence-electron chi connectivity index (χ0n) is 10.00. The lowest BCUT2D eigenvalue weighted by Crippen LogP contribution is -2.21. The highest BCUT2D eigenvalue weighted by Crippen LogP contribution is 2.25. The molecule has 17 heavy (non-hydrogen) atoms. The third-order valence-electron chi connectivity index (χ3n) is 2.23. The third kappa shape index (κ3) is 4.48. The molecule has 1 aromatic carbocycles. The highest BCUT2D eigenvalue weighted by Gasteiger charge is 2.11. The molecule has 3 N–H and O–H groups in total. The molecule has 0 aliphatic carbocycles. The average Bonchev–Trinajstić information content (AvgIpc) is 2.25. The van der Waals surface area contributed by atoms with Gasteiger partial charge in [-0.25, -0.2) is 0 Å². The van der Waals surface area contributed by atoms with Gasteiger partial charge in [-0.3, -0.25) is 0 Å². The van der Waals surface area contributed by atoms with Crippen molar-refractivity contribution in [1.29, 1.82) is 0 Å². The van der Waals surface area contributed by atoms with Gasteiger partial charge in [-0.15, -0.1) is 0 Å². The Hall–Kier alpha value is -0.260. The molecule has 0 bridgehead atoms. The molecule has 0 amide bonds. The first-order valence-corrected chi connectivity index (χ1v) is 7.84. The van der Waals surface area contributed by atoms with Crippen LogP contribution in [0.15, 0.2) is 22.7 Å². The molecule has 0 heterocycles. The molecule has 1 unspecified atom stereocenters. The first kappa shape index (κ1) is 14.8. The van der Waals surface area contributed by atoms with E-state index in [1.54, 1.807) is 0 Å². The molecule has 1 aromatic rings. The summed E-state index contributed by atoms with van der Waals surface area (Å²) >= 11 is 10.5. The first-order chi connectivity index (χ1) is 8.06. The first-order valence-electron chi connectivity index (χ1n) is 5.48. The van der Waals surface area contributed by atoms with Crippen molar-refractivity contribution in [2.24, 2.45) is 5.73 Å². The number of anilines is 1. The summed E-state index contributed by atoms with van der Waals surface area (Å²) in [5, 5.41) is 3.45. The van der Waals surface area contributed by atoms with Crippen LogP contribution in [0.25, 0.3) is 0 Å². The number of rotatable bonds is 6. The number of nitrogens with one attached hydrogen (secondary N) is 1. The van der Waals surface area contributed by atoms with Crippen LogP contribution in [0.2, 0.25) is 0 Å². The number of hydrogen-bond acceptors (Lipinski definition) is 3. The lowest BCUT2D eigenvalue weighted by Gasteiger charge is -2.18. The van der Waals surface area contributed by atoms with Crippen LogP contribution in [0.3, 0.4) is 0 Å². The fourth-order valence-corrected chi connectivity index (χ4v) is 3.10. The second-order valence-electron chi connectivity index (χ2n) is 3.73. The molecule has 1 atom stereocenters. The molecule has 5 heteroatoms. The van der Waals surface area contributed by atoms with Gasteiger partial charge in [0.1, 0.15) is 4.99 Å². The molecule has 0 saturated carbocycles. The smallest absolute Gasteiger partial charge is 0.107 e. The van der Waals surface area contributed by atoms with Crippen LogP contribution >= 0.6 is 39.9 Å². The maximum Gasteiger partial charge on any atom is 0.107 e. The maximum absolute atomic E-state index is 5.75. The summed E-state index contributed by atoms with van der Waals surface area (Å²) in [5.74, 6) is 2.20. The maximum atomic E-state index is 5.75. The minimum Gasteiger partial charge on any atom is -0.389 e. The molecule has 0 spiro atoms. The van der Waals surface area contributed by atoms with E-state index < -0.39 is 0 Å². The molecule has 2 nitrogen and oxygen atoms in total. The topological polar surface area (TPSA) is 38.0 Å². The van der Waals surface area contributed by atoms with Crippen LogP contribution < -0.4 is 11.1 Å². The van der Waals surface area contributed by atoms with Crippen LogP contribution in [0.1, 0.15) is 19.4 Å². The van der Waals surface area contributed by atoms with Crippen molar-refractivity contribution in [3.63, 3.8) is 0 Å². The second-order valence-corrected chi connectivity index (χ2v) is 6.34. The van der Waals surface area contributed by atoms with Crippen LogP contribution in [-0.4, -0.2) is 22.5 Å². The Kier molecular flexibility index (Phi) is 6.30. The lowest BCUT2D eigenvalue weighted by molar-refractivity contribution is 0.912. The van der Waals surface area contributed by atoms with Crippen LogP contribution in [0, 0.1) is 0 Å². The number of thioether (sulfide) groups is 1. The van der Waals surface area contributed by atoms with E-state index in [0.717, 1.165) is 27.2 Å². The summed E-state index contributed by atoms with van der Waals surface area (Å²) in [6.45, 7) is 4.32. The largest absolute Gasteiger partial charge is 0.389 e. The molecule has 0 saturated heterocycles. The number of halogens is 1. The van der Waals surface area contributed by atoms with Crippen molar-refractivity contribution in [2.75, 3.05) is 16.8 Å². The van der Waals surface area contributed by atoms with Crippen molar-refractivity contribution in [3.8, 4) is 0 Å². The van der Waals surface area contributed by atoms with Crippen LogP contribution in [0.4, 0.5) is 5.69 Å². The van der Waals surface area contributed by atoms with Crippen molar-refractivity contribution in [2.45, 2.75) is 19.9 Å². The van der Waals surface area contributed by atoms with E-state index in [-0.39, 0.29) is 0 Å². The Bertz CT molecular complexity index is 396. The normalized spacial score (nSPS) is 12.2. The zero-order valence-corrected chi connectivity index (χ0v) is 13.2. The van der Waals surface area contributed by atoms with Gasteiger partial charge in [0.05, 0.1) is 0 Å². The molecule has 0 aliphatic heterocycles. The second kappa shape index (κ2) is 7.24. The van der Waals surface area contributed by atoms with Gasteiger partial charge < -0.3 is 11.1 Å². The highest BCUT2D eigenvalue weighted by atomic mass is 79.9. The third-order valence-corrected chi connectivity index (χ3v) is 4.24. The Labute approximate surface area is 121 Å². The van der Waals surface area contributed by atoms with Crippen molar-refractivity contribution in [3.05, 3.63) is 28.2 Å². The van der Waals surface area contributed by atoms with Crippen molar-refractivity contribution < 1.29 is 0 Å². The van der Waals surface area contributed by atoms with E-state index in [1.165, 1.54) is 0 Å². The van der Waals surface area contributed by atoms with Gasteiger partial charge in [0.25, 0.3) is 0 Å². The van der Waals surface area contributed by atoms with Gasteiger partial charge in [0.2, 0.25) is 0 Å². The number of benzene rings is 1. The Morgan fingerprint density at radius 3 is 2.88 bits per heavy atom. The lowest BCUT2D eigenvalue weighted by atomic mass is 10.1. The molecule has 0 fully saturated rings. The van der Waals surface area contributed by atoms with E-state index in [9.17, 15) is 0 Å². The summed E-state index contributed by atoms with van der Waals surface area (Å²) in [6.07, 6.45) is 0. The van der Waals surface area contributed by atoms with Gasteiger partial charge in [-0.1, -0.05) is 25.2 Å². The highest BCUT2D eigenvalue weighted by molar-refractivity contribution is 9.10. The minimum absolute atomic E-state index is 0.391. The van der Waals surface area contributed by atoms with E-state index in [2.05, 4.69) is 35.1 Å². The molecular formula is C12H17BrN2S2. The van der Waals surface area contributed by atoms with Gasteiger partial charge in [0.15, 0.2) is 0 Å². The molecule has 0 radical (unpaired) electrons. The predicted molar refractivity (Wildman–Crippen MR) is 86.1 cm³/mol. The molecule has 94 valence electrons. The quantitative estimate of drug-likeness (QED) is 0.780. The Morgan fingerprint density at radius 2 is 2.29 bits per heavy atom. The molecule has 0 aromatic heterocycles. The van der Waals surface area contributed by atoms with Gasteiger partial charge in [-0.2, -0.15) is 11.8 Å². The molecule has 1 rings (SSSR count). The van der Waals surface area contributed by atoms with E-state index in [4.69, 9.17) is 18.0 Å². The molecule has 0 aliphatic rings. The number of nitrogens with two attached hydrogens (primary N) is 1. The molecular weight excluding hydrogens is 316 g/mol.